The Balaban J connectivity index is 2.35. The van der Waals surface area contributed by atoms with E-state index in [-0.39, 0.29) is 5.41 Å². The van der Waals surface area contributed by atoms with Crippen molar-refractivity contribution < 1.29 is 0 Å². The number of benzene rings is 1. The van der Waals surface area contributed by atoms with Gasteiger partial charge in [0.25, 0.3) is 0 Å². The van der Waals surface area contributed by atoms with Gasteiger partial charge in [-0.05, 0) is 16.9 Å². The molecule has 0 atom stereocenters. The summed E-state index contributed by atoms with van der Waals surface area (Å²) in [7, 11) is 0. The molecular formula is C17H23N3. The predicted molar refractivity (Wildman–Crippen MR) is 84.7 cm³/mol. The SMILES string of the molecule is CC(C)c1cnc(-c2ccc(C(C)(C)C)cc2)nc1N. The summed E-state index contributed by atoms with van der Waals surface area (Å²) < 4.78 is 0. The number of hydrogen-bond acceptors (Lipinski definition) is 3. The standard InChI is InChI=1S/C17H23N3/c1-11(2)14-10-19-16(20-15(14)18)12-6-8-13(9-7-12)17(3,4)5/h6-11H,1-5H3,(H2,18,19,20). The summed E-state index contributed by atoms with van der Waals surface area (Å²) in [6.07, 6.45) is 1.83. The molecule has 0 aliphatic carbocycles. The maximum absolute atomic E-state index is 6.01. The molecule has 3 heteroatoms. The molecular weight excluding hydrogens is 246 g/mol. The van der Waals surface area contributed by atoms with E-state index < -0.39 is 0 Å². The van der Waals surface area contributed by atoms with Gasteiger partial charge in [0.2, 0.25) is 0 Å². The summed E-state index contributed by atoms with van der Waals surface area (Å²) in [6.45, 7) is 10.8. The number of nitrogens with two attached hydrogens (primary N) is 1. The van der Waals surface area contributed by atoms with Gasteiger partial charge >= 0.3 is 0 Å². The van der Waals surface area contributed by atoms with Gasteiger partial charge in [0.15, 0.2) is 5.82 Å². The van der Waals surface area contributed by atoms with Crippen LogP contribution in [0.1, 0.15) is 51.7 Å². The largest absolute Gasteiger partial charge is 0.383 e. The van der Waals surface area contributed by atoms with E-state index in [2.05, 4.69) is 68.9 Å². The van der Waals surface area contributed by atoms with E-state index in [1.54, 1.807) is 0 Å². The lowest BCUT2D eigenvalue weighted by molar-refractivity contribution is 0.590. The number of rotatable bonds is 2. The molecule has 3 nitrogen and oxygen atoms in total. The molecule has 2 N–H and O–H groups in total. The second kappa shape index (κ2) is 5.23. The number of nitrogens with zero attached hydrogens (tertiary/aromatic N) is 2. The highest BCUT2D eigenvalue weighted by Gasteiger charge is 2.14. The highest BCUT2D eigenvalue weighted by molar-refractivity contribution is 5.58. The Hall–Kier alpha value is -1.90. The third-order valence-electron chi connectivity index (χ3n) is 3.48. The number of nitrogen functional groups attached to an aromatic ring is 1. The Morgan fingerprint density at radius 2 is 1.65 bits per heavy atom. The lowest BCUT2D eigenvalue weighted by Crippen LogP contribution is -2.10. The summed E-state index contributed by atoms with van der Waals surface area (Å²) in [5, 5.41) is 0. The van der Waals surface area contributed by atoms with E-state index in [0.717, 1.165) is 11.1 Å². The molecule has 0 aliphatic heterocycles. The maximum Gasteiger partial charge on any atom is 0.161 e. The average molecular weight is 269 g/mol. The second-order valence-electron chi connectivity index (χ2n) is 6.52. The van der Waals surface area contributed by atoms with E-state index in [4.69, 9.17) is 5.73 Å². The molecule has 0 saturated heterocycles. The van der Waals surface area contributed by atoms with Crippen LogP contribution in [0.25, 0.3) is 11.4 Å². The molecule has 0 spiro atoms. The van der Waals surface area contributed by atoms with Crippen LogP contribution in [0.15, 0.2) is 30.5 Å². The van der Waals surface area contributed by atoms with Gasteiger partial charge in [0, 0.05) is 17.3 Å². The number of anilines is 1. The third-order valence-corrected chi connectivity index (χ3v) is 3.48. The summed E-state index contributed by atoms with van der Waals surface area (Å²) >= 11 is 0. The van der Waals surface area contributed by atoms with Crippen LogP contribution in [0, 0.1) is 0 Å². The molecule has 1 aromatic heterocycles. The van der Waals surface area contributed by atoms with Crippen LogP contribution in [0.2, 0.25) is 0 Å². The third kappa shape index (κ3) is 2.98. The van der Waals surface area contributed by atoms with E-state index in [1.807, 2.05) is 6.20 Å². The zero-order valence-electron chi connectivity index (χ0n) is 12.9. The van der Waals surface area contributed by atoms with Crippen molar-refractivity contribution in [2.24, 2.45) is 0 Å². The average Bonchev–Trinajstić information content (AvgIpc) is 2.37. The number of hydrogen-bond donors (Lipinski definition) is 1. The van der Waals surface area contributed by atoms with E-state index in [1.165, 1.54) is 5.56 Å². The van der Waals surface area contributed by atoms with Gasteiger partial charge in [-0.2, -0.15) is 0 Å². The van der Waals surface area contributed by atoms with Gasteiger partial charge in [-0.15, -0.1) is 0 Å². The minimum Gasteiger partial charge on any atom is -0.383 e. The Morgan fingerprint density at radius 1 is 1.05 bits per heavy atom. The maximum atomic E-state index is 6.01. The quantitative estimate of drug-likeness (QED) is 0.891. The first kappa shape index (κ1) is 14.5. The lowest BCUT2D eigenvalue weighted by Gasteiger charge is -2.19. The van der Waals surface area contributed by atoms with E-state index >= 15 is 0 Å². The molecule has 0 saturated carbocycles. The fourth-order valence-electron chi connectivity index (χ4n) is 2.11. The monoisotopic (exact) mass is 269 g/mol. The van der Waals surface area contributed by atoms with Gasteiger partial charge in [0.05, 0.1) is 0 Å². The Kier molecular flexibility index (Phi) is 3.80. The zero-order chi connectivity index (χ0) is 14.9. The van der Waals surface area contributed by atoms with Gasteiger partial charge in [-0.3, -0.25) is 0 Å². The van der Waals surface area contributed by atoms with E-state index in [9.17, 15) is 0 Å². The van der Waals surface area contributed by atoms with Crippen molar-refractivity contribution in [3.05, 3.63) is 41.6 Å². The Morgan fingerprint density at radius 3 is 2.10 bits per heavy atom. The minimum absolute atomic E-state index is 0.153. The predicted octanol–water partition coefficient (Wildman–Crippen LogP) is 4.15. The van der Waals surface area contributed by atoms with Crippen LogP contribution >= 0.6 is 0 Å². The molecule has 0 radical (unpaired) electrons. The Bertz CT molecular complexity index is 593. The van der Waals surface area contributed by atoms with Crippen molar-refractivity contribution in [2.75, 3.05) is 5.73 Å². The van der Waals surface area contributed by atoms with Gasteiger partial charge in [-0.25, -0.2) is 9.97 Å². The molecule has 1 heterocycles. The Labute approximate surface area is 121 Å². The smallest absolute Gasteiger partial charge is 0.161 e. The van der Waals surface area contributed by atoms with Crippen molar-refractivity contribution in [2.45, 2.75) is 46.0 Å². The van der Waals surface area contributed by atoms with Crippen molar-refractivity contribution in [1.29, 1.82) is 0 Å². The molecule has 106 valence electrons. The van der Waals surface area contributed by atoms with Crippen LogP contribution in [-0.4, -0.2) is 9.97 Å². The fraction of sp³-hybridized carbons (Fsp3) is 0.412. The summed E-state index contributed by atoms with van der Waals surface area (Å²) in [6, 6.07) is 8.38. The molecule has 0 unspecified atom stereocenters. The van der Waals surface area contributed by atoms with Crippen molar-refractivity contribution in [1.82, 2.24) is 9.97 Å². The van der Waals surface area contributed by atoms with Gasteiger partial charge in [-0.1, -0.05) is 58.9 Å². The highest BCUT2D eigenvalue weighted by Crippen LogP contribution is 2.26. The van der Waals surface area contributed by atoms with Crippen LogP contribution in [-0.2, 0) is 5.41 Å². The van der Waals surface area contributed by atoms with Crippen LogP contribution < -0.4 is 5.73 Å². The fourth-order valence-corrected chi connectivity index (χ4v) is 2.11. The molecule has 0 fully saturated rings. The van der Waals surface area contributed by atoms with Crippen molar-refractivity contribution in [3.8, 4) is 11.4 Å². The molecule has 0 bridgehead atoms. The highest BCUT2D eigenvalue weighted by atomic mass is 14.9. The van der Waals surface area contributed by atoms with Crippen molar-refractivity contribution >= 4 is 5.82 Å². The summed E-state index contributed by atoms with van der Waals surface area (Å²) in [5.74, 6) is 1.60. The molecule has 2 rings (SSSR count). The topological polar surface area (TPSA) is 51.8 Å². The van der Waals surface area contributed by atoms with Gasteiger partial charge in [0.1, 0.15) is 5.82 Å². The molecule has 1 aromatic carbocycles. The molecule has 0 aliphatic rings. The van der Waals surface area contributed by atoms with Crippen molar-refractivity contribution in [3.63, 3.8) is 0 Å². The number of aromatic nitrogens is 2. The van der Waals surface area contributed by atoms with Crippen LogP contribution in [0.4, 0.5) is 5.82 Å². The molecule has 2 aromatic rings. The van der Waals surface area contributed by atoms with Gasteiger partial charge < -0.3 is 5.73 Å². The first-order valence-corrected chi connectivity index (χ1v) is 7.02. The molecule has 0 amide bonds. The van der Waals surface area contributed by atoms with Crippen LogP contribution in [0.5, 0.6) is 0 Å². The first-order chi connectivity index (χ1) is 9.29. The second-order valence-corrected chi connectivity index (χ2v) is 6.52. The van der Waals surface area contributed by atoms with E-state index in [0.29, 0.717) is 17.6 Å². The zero-order valence-corrected chi connectivity index (χ0v) is 12.9. The summed E-state index contributed by atoms with van der Waals surface area (Å²) in [5.41, 5.74) is 9.46. The summed E-state index contributed by atoms with van der Waals surface area (Å²) in [4.78, 5) is 8.85. The molecule has 20 heavy (non-hydrogen) atoms. The minimum atomic E-state index is 0.153. The lowest BCUT2D eigenvalue weighted by atomic mass is 9.87. The first-order valence-electron chi connectivity index (χ1n) is 7.02. The normalized spacial score (nSPS) is 11.9. The van der Waals surface area contributed by atoms with Crippen LogP contribution in [0.3, 0.4) is 0 Å².